The number of pyridine rings is 1. The zero-order valence-corrected chi connectivity index (χ0v) is 8.36. The highest BCUT2D eigenvalue weighted by Crippen LogP contribution is 2.21. The van der Waals surface area contributed by atoms with Crippen LogP contribution in [0.5, 0.6) is 5.88 Å². The number of hydrogen-bond acceptors (Lipinski definition) is 3. The number of ether oxygens (including phenoxy) is 1. The molecule has 0 fully saturated rings. The zero-order chi connectivity index (χ0) is 8.39. The van der Waals surface area contributed by atoms with Gasteiger partial charge in [-0.25, -0.2) is 4.98 Å². The van der Waals surface area contributed by atoms with Crippen molar-refractivity contribution in [3.63, 3.8) is 0 Å². The van der Waals surface area contributed by atoms with Crippen LogP contribution in [0.25, 0.3) is 0 Å². The lowest BCUT2D eigenvalue weighted by Crippen LogP contribution is -2.24. The number of aromatic nitrogens is 1. The van der Waals surface area contributed by atoms with Gasteiger partial charge in [0.1, 0.15) is 0 Å². The van der Waals surface area contributed by atoms with Crippen LogP contribution >= 0.6 is 12.4 Å². The Kier molecular flexibility index (Phi) is 3.51. The van der Waals surface area contributed by atoms with E-state index in [1.54, 1.807) is 13.3 Å². The molecule has 0 spiro atoms. The largest absolute Gasteiger partial charge is 0.481 e. The topological polar surface area (TPSA) is 34.1 Å². The van der Waals surface area contributed by atoms with E-state index < -0.39 is 0 Å². The summed E-state index contributed by atoms with van der Waals surface area (Å²) in [7, 11) is 1.67. The second-order valence-corrected chi connectivity index (χ2v) is 2.88. The fraction of sp³-hybridized carbons (Fsp3) is 0.444. The third-order valence-electron chi connectivity index (χ3n) is 2.17. The van der Waals surface area contributed by atoms with Crippen LogP contribution < -0.4 is 10.1 Å². The fourth-order valence-electron chi connectivity index (χ4n) is 1.56. The van der Waals surface area contributed by atoms with Crippen molar-refractivity contribution in [1.82, 2.24) is 10.3 Å². The standard InChI is InChI=1S/C9H12N2O.ClH/c1-12-9-8-3-4-10-6-7(8)2-5-11-9;/h2,5,10H,3-4,6H2,1H3;1H. The lowest BCUT2D eigenvalue weighted by molar-refractivity contribution is 0.388. The minimum absolute atomic E-state index is 0. The molecule has 0 aliphatic carbocycles. The Morgan fingerprint density at radius 3 is 3.15 bits per heavy atom. The van der Waals surface area contributed by atoms with Crippen molar-refractivity contribution in [2.24, 2.45) is 0 Å². The van der Waals surface area contributed by atoms with Crippen LogP contribution in [0.4, 0.5) is 0 Å². The highest BCUT2D eigenvalue weighted by Gasteiger charge is 2.13. The Balaban J connectivity index is 0.000000845. The van der Waals surface area contributed by atoms with Gasteiger partial charge in [0.05, 0.1) is 7.11 Å². The van der Waals surface area contributed by atoms with Crippen molar-refractivity contribution in [1.29, 1.82) is 0 Å². The maximum atomic E-state index is 5.17. The summed E-state index contributed by atoms with van der Waals surface area (Å²) >= 11 is 0. The molecule has 13 heavy (non-hydrogen) atoms. The molecule has 0 bridgehead atoms. The molecule has 3 nitrogen and oxygen atoms in total. The van der Waals surface area contributed by atoms with Crippen LogP contribution in [0.2, 0.25) is 0 Å². The first-order chi connectivity index (χ1) is 5.92. The molecule has 1 aromatic heterocycles. The summed E-state index contributed by atoms with van der Waals surface area (Å²) in [6, 6.07) is 2.05. The summed E-state index contributed by atoms with van der Waals surface area (Å²) in [5.74, 6) is 0.786. The molecule has 2 rings (SSSR count). The summed E-state index contributed by atoms with van der Waals surface area (Å²) in [6.45, 7) is 1.96. The monoisotopic (exact) mass is 200 g/mol. The molecule has 1 aliphatic heterocycles. The van der Waals surface area contributed by atoms with Gasteiger partial charge in [-0.15, -0.1) is 12.4 Å². The number of nitrogens with one attached hydrogen (secondary N) is 1. The minimum atomic E-state index is 0. The van der Waals surface area contributed by atoms with E-state index in [1.165, 1.54) is 11.1 Å². The van der Waals surface area contributed by atoms with E-state index in [2.05, 4.69) is 10.3 Å². The molecule has 0 aromatic carbocycles. The average Bonchev–Trinajstić information content (AvgIpc) is 2.17. The SMILES string of the molecule is COc1nccc2c1CCNC2.Cl. The third-order valence-corrected chi connectivity index (χ3v) is 2.17. The van der Waals surface area contributed by atoms with E-state index in [0.717, 1.165) is 25.4 Å². The zero-order valence-electron chi connectivity index (χ0n) is 7.54. The van der Waals surface area contributed by atoms with Gasteiger partial charge < -0.3 is 10.1 Å². The smallest absolute Gasteiger partial charge is 0.216 e. The highest BCUT2D eigenvalue weighted by molar-refractivity contribution is 5.85. The lowest BCUT2D eigenvalue weighted by atomic mass is 10.0. The summed E-state index contributed by atoms with van der Waals surface area (Å²) in [4.78, 5) is 4.16. The van der Waals surface area contributed by atoms with Gasteiger partial charge in [0, 0.05) is 18.3 Å². The summed E-state index contributed by atoms with van der Waals surface area (Å²) < 4.78 is 5.17. The first-order valence-electron chi connectivity index (χ1n) is 4.13. The summed E-state index contributed by atoms with van der Waals surface area (Å²) in [5.41, 5.74) is 2.58. The Bertz CT molecular complexity index is 277. The van der Waals surface area contributed by atoms with E-state index in [9.17, 15) is 0 Å². The molecule has 0 radical (unpaired) electrons. The number of nitrogens with zero attached hydrogens (tertiary/aromatic N) is 1. The molecule has 4 heteroatoms. The fourth-order valence-corrected chi connectivity index (χ4v) is 1.56. The highest BCUT2D eigenvalue weighted by atomic mass is 35.5. The van der Waals surface area contributed by atoms with Gasteiger partial charge in [0.25, 0.3) is 0 Å². The molecular weight excluding hydrogens is 188 g/mol. The number of rotatable bonds is 1. The molecule has 72 valence electrons. The number of fused-ring (bicyclic) bond motifs is 1. The Hall–Kier alpha value is -0.800. The molecule has 2 heterocycles. The van der Waals surface area contributed by atoms with Gasteiger partial charge in [-0.05, 0) is 24.6 Å². The van der Waals surface area contributed by atoms with Crippen LogP contribution in [0.15, 0.2) is 12.3 Å². The number of hydrogen-bond donors (Lipinski definition) is 1. The van der Waals surface area contributed by atoms with E-state index in [0.29, 0.717) is 0 Å². The Labute approximate surface area is 83.9 Å². The van der Waals surface area contributed by atoms with Crippen molar-refractivity contribution in [3.8, 4) is 5.88 Å². The summed E-state index contributed by atoms with van der Waals surface area (Å²) in [6.07, 6.45) is 2.82. The molecule has 1 aliphatic rings. The predicted molar refractivity (Wildman–Crippen MR) is 53.4 cm³/mol. The van der Waals surface area contributed by atoms with Gasteiger partial charge in [-0.1, -0.05) is 0 Å². The first kappa shape index (κ1) is 10.3. The first-order valence-corrected chi connectivity index (χ1v) is 4.13. The predicted octanol–water partition coefficient (Wildman–Crippen LogP) is 1.16. The van der Waals surface area contributed by atoms with Gasteiger partial charge in [0.2, 0.25) is 5.88 Å². The molecular formula is C9H13ClN2O. The maximum absolute atomic E-state index is 5.17. The Morgan fingerprint density at radius 1 is 1.54 bits per heavy atom. The van der Waals surface area contributed by atoms with E-state index >= 15 is 0 Å². The second kappa shape index (κ2) is 4.44. The molecule has 0 saturated carbocycles. The average molecular weight is 201 g/mol. The third kappa shape index (κ3) is 1.92. The maximum Gasteiger partial charge on any atom is 0.216 e. The van der Waals surface area contributed by atoms with Crippen molar-refractivity contribution < 1.29 is 4.74 Å². The quantitative estimate of drug-likeness (QED) is 0.739. The van der Waals surface area contributed by atoms with E-state index in [1.807, 2.05) is 6.07 Å². The summed E-state index contributed by atoms with van der Waals surface area (Å²) in [5, 5.41) is 3.31. The van der Waals surface area contributed by atoms with E-state index in [-0.39, 0.29) is 12.4 Å². The van der Waals surface area contributed by atoms with Crippen molar-refractivity contribution in [2.75, 3.05) is 13.7 Å². The van der Waals surface area contributed by atoms with Crippen molar-refractivity contribution in [3.05, 3.63) is 23.4 Å². The molecule has 0 saturated heterocycles. The van der Waals surface area contributed by atoms with Crippen molar-refractivity contribution in [2.45, 2.75) is 13.0 Å². The molecule has 0 atom stereocenters. The lowest BCUT2D eigenvalue weighted by Gasteiger charge is -2.18. The van der Waals surface area contributed by atoms with Gasteiger partial charge >= 0.3 is 0 Å². The van der Waals surface area contributed by atoms with E-state index in [4.69, 9.17) is 4.74 Å². The van der Waals surface area contributed by atoms with Crippen LogP contribution in [0.3, 0.4) is 0 Å². The second-order valence-electron chi connectivity index (χ2n) is 2.88. The van der Waals surface area contributed by atoms with Gasteiger partial charge in [-0.2, -0.15) is 0 Å². The van der Waals surface area contributed by atoms with Crippen LogP contribution in [0.1, 0.15) is 11.1 Å². The van der Waals surface area contributed by atoms with Crippen molar-refractivity contribution >= 4 is 12.4 Å². The molecule has 1 aromatic rings. The minimum Gasteiger partial charge on any atom is -0.481 e. The van der Waals surface area contributed by atoms with Gasteiger partial charge in [0.15, 0.2) is 0 Å². The number of halogens is 1. The molecule has 0 amide bonds. The van der Waals surface area contributed by atoms with Gasteiger partial charge in [-0.3, -0.25) is 0 Å². The van der Waals surface area contributed by atoms with Crippen LogP contribution in [-0.2, 0) is 13.0 Å². The normalized spacial score (nSPS) is 14.2. The van der Waals surface area contributed by atoms with Crippen LogP contribution in [0, 0.1) is 0 Å². The van der Waals surface area contributed by atoms with Crippen LogP contribution in [-0.4, -0.2) is 18.6 Å². The Morgan fingerprint density at radius 2 is 2.38 bits per heavy atom. The molecule has 1 N–H and O–H groups in total. The number of methoxy groups -OCH3 is 1. The molecule has 0 unspecified atom stereocenters.